The van der Waals surface area contributed by atoms with Gasteiger partial charge in [0.1, 0.15) is 35.3 Å². The van der Waals surface area contributed by atoms with Gasteiger partial charge in [-0.2, -0.15) is 0 Å². The second-order valence-corrected chi connectivity index (χ2v) is 14.1. The van der Waals surface area contributed by atoms with E-state index in [0.29, 0.717) is 16.8 Å². The highest BCUT2D eigenvalue weighted by Gasteiger charge is 2.66. The number of amides is 4. The minimum absolute atomic E-state index is 0.0359. The molecule has 0 aliphatic carbocycles. The van der Waals surface area contributed by atoms with Crippen molar-refractivity contribution in [3.05, 3.63) is 82.1 Å². The molecule has 49 heavy (non-hydrogen) atoms. The van der Waals surface area contributed by atoms with Crippen LogP contribution in [0.25, 0.3) is 11.3 Å². The number of benzene rings is 2. The van der Waals surface area contributed by atoms with Crippen LogP contribution in [0.15, 0.2) is 65.5 Å². The van der Waals surface area contributed by atoms with Crippen LogP contribution in [0.2, 0.25) is 0 Å². The third kappa shape index (κ3) is 6.55. The Hall–Kier alpha value is -5.03. The molecule has 1 aromatic heterocycles. The first-order valence-corrected chi connectivity index (χ1v) is 16.1. The summed E-state index contributed by atoms with van der Waals surface area (Å²) in [6, 6.07) is 10.1. The zero-order valence-electron chi connectivity index (χ0n) is 26.8. The molecule has 3 aromatic rings. The van der Waals surface area contributed by atoms with Gasteiger partial charge in [0, 0.05) is 22.9 Å². The van der Waals surface area contributed by atoms with E-state index < -0.39 is 76.1 Å². The lowest BCUT2D eigenvalue weighted by molar-refractivity contribution is -0.169. The van der Waals surface area contributed by atoms with Crippen LogP contribution in [0.4, 0.5) is 5.69 Å². The van der Waals surface area contributed by atoms with E-state index in [4.69, 9.17) is 11.5 Å². The number of rotatable bonds is 10. The number of hydrogen-bond donors (Lipinski definition) is 6. The topological polar surface area (TPSA) is 241 Å². The fraction of sp³-hybridized carbons (Fsp3) is 0.333. The largest absolute Gasteiger partial charge is 0.508 e. The summed E-state index contributed by atoms with van der Waals surface area (Å²) in [4.78, 5) is 83.8. The molecule has 2 fully saturated rings. The Balaban J connectivity index is 1.44. The van der Waals surface area contributed by atoms with Crippen molar-refractivity contribution in [2.45, 2.75) is 61.6 Å². The first kappa shape index (κ1) is 35.3. The lowest BCUT2D eigenvalue weighted by atomic mass is 9.94. The third-order valence-electron chi connectivity index (χ3n) is 8.60. The molecule has 258 valence electrons. The standard InChI is InChI=1S/C33H36N6O9S/c1-16(41)38(28(44)22(34)15-40)20-9-4-17(5-10-20)23-13-8-19(27(43)36-23)14-37(29(45)24(35)18-6-11-21(42)12-7-18)25-30(46)39-26(32(47)48)33(2,3)49-31(25)39/h4-13,22,24-26,31,40,42H,14-15,34-35H2,1-3H3,(H,36,43)(H,47,48)/t22-,24?,25+,26-,31+/m0/s1. The van der Waals surface area contributed by atoms with E-state index in [0.717, 1.165) is 4.90 Å². The highest BCUT2D eigenvalue weighted by Crippen LogP contribution is 2.52. The summed E-state index contributed by atoms with van der Waals surface area (Å²) in [5.74, 6) is -3.84. The Morgan fingerprint density at radius 3 is 2.16 bits per heavy atom. The Morgan fingerprint density at radius 1 is 0.980 bits per heavy atom. The second kappa shape index (κ2) is 13.5. The molecule has 16 heteroatoms. The molecule has 4 amide bonds. The number of nitrogens with one attached hydrogen (secondary N) is 1. The van der Waals surface area contributed by atoms with Crippen molar-refractivity contribution < 1.29 is 39.3 Å². The SMILES string of the molecule is CC(=O)N(C(=O)[C@@H](N)CO)c1ccc(-c2ccc(CN(C(=O)C(N)c3ccc(O)cc3)[C@@H]3C(=O)N4[C@@H]3SC(C)(C)[C@@H]4C(=O)O)c(=O)[nH]2)cc1. The summed E-state index contributed by atoms with van der Waals surface area (Å²) in [6.45, 7) is 3.64. The van der Waals surface area contributed by atoms with Crippen LogP contribution >= 0.6 is 11.8 Å². The molecule has 8 N–H and O–H groups in total. The lowest BCUT2D eigenvalue weighted by Crippen LogP contribution is -2.71. The molecule has 0 radical (unpaired) electrons. The predicted molar refractivity (Wildman–Crippen MR) is 179 cm³/mol. The monoisotopic (exact) mass is 692 g/mol. The fourth-order valence-electron chi connectivity index (χ4n) is 6.07. The lowest BCUT2D eigenvalue weighted by Gasteiger charge is -2.48. The highest BCUT2D eigenvalue weighted by atomic mass is 32.2. The number of nitrogens with two attached hydrogens (primary N) is 2. The first-order valence-electron chi connectivity index (χ1n) is 15.2. The number of H-pyrrole nitrogens is 1. The summed E-state index contributed by atoms with van der Waals surface area (Å²) < 4.78 is -0.858. The van der Waals surface area contributed by atoms with Gasteiger partial charge in [0.25, 0.3) is 11.5 Å². The van der Waals surface area contributed by atoms with Gasteiger partial charge < -0.3 is 41.6 Å². The number of carbonyl (C=O) groups is 5. The number of aliphatic hydroxyl groups is 1. The number of carboxylic acids is 1. The van der Waals surface area contributed by atoms with Crippen LogP contribution < -0.4 is 21.9 Å². The fourth-order valence-corrected chi connectivity index (χ4v) is 7.77. The Labute approximate surface area is 284 Å². The van der Waals surface area contributed by atoms with Crippen LogP contribution in [-0.2, 0) is 30.5 Å². The number of phenols is 1. The molecule has 5 rings (SSSR count). The molecule has 5 atom stereocenters. The van der Waals surface area contributed by atoms with E-state index in [1.54, 1.807) is 32.0 Å². The highest BCUT2D eigenvalue weighted by molar-refractivity contribution is 8.01. The van der Waals surface area contributed by atoms with Crippen molar-refractivity contribution in [3.8, 4) is 17.0 Å². The van der Waals surface area contributed by atoms with Crippen molar-refractivity contribution in [3.63, 3.8) is 0 Å². The Bertz CT molecular complexity index is 1860. The summed E-state index contributed by atoms with van der Waals surface area (Å²) in [5, 5.41) is 28.1. The number of aromatic nitrogens is 1. The van der Waals surface area contributed by atoms with Gasteiger partial charge in [0.05, 0.1) is 18.8 Å². The minimum Gasteiger partial charge on any atom is -0.508 e. The van der Waals surface area contributed by atoms with E-state index in [1.165, 1.54) is 71.0 Å². The number of thioether (sulfide) groups is 1. The number of nitrogens with zero attached hydrogens (tertiary/aromatic N) is 3. The molecule has 0 bridgehead atoms. The average Bonchev–Trinajstić information content (AvgIpc) is 3.31. The molecular weight excluding hydrogens is 656 g/mol. The minimum atomic E-state index is -1.29. The smallest absolute Gasteiger partial charge is 0.327 e. The van der Waals surface area contributed by atoms with Crippen LogP contribution in [0, 0.1) is 0 Å². The van der Waals surface area contributed by atoms with Gasteiger partial charge in [0.15, 0.2) is 0 Å². The van der Waals surface area contributed by atoms with Crippen LogP contribution in [0.5, 0.6) is 5.75 Å². The number of aromatic hydroxyl groups is 1. The van der Waals surface area contributed by atoms with E-state index in [1.807, 2.05) is 0 Å². The molecular formula is C33H36N6O9S. The number of phenolic OH excluding ortho intramolecular Hbond substituents is 1. The maximum absolute atomic E-state index is 14.0. The molecule has 0 saturated carbocycles. The second-order valence-electron chi connectivity index (χ2n) is 12.3. The van der Waals surface area contributed by atoms with Gasteiger partial charge in [-0.05, 0) is 61.4 Å². The summed E-state index contributed by atoms with van der Waals surface area (Å²) >= 11 is 1.25. The number of aliphatic hydroxyl groups excluding tert-OH is 1. The Kier molecular flexibility index (Phi) is 9.70. The molecule has 2 aliphatic heterocycles. The van der Waals surface area contributed by atoms with Crippen LogP contribution in [0.3, 0.4) is 0 Å². The zero-order valence-corrected chi connectivity index (χ0v) is 27.6. The summed E-state index contributed by atoms with van der Waals surface area (Å²) in [6.07, 6.45) is 0. The van der Waals surface area contributed by atoms with Crippen molar-refractivity contribution in [2.75, 3.05) is 11.5 Å². The molecule has 2 aromatic carbocycles. The molecule has 15 nitrogen and oxygen atoms in total. The van der Waals surface area contributed by atoms with Crippen molar-refractivity contribution in [2.24, 2.45) is 11.5 Å². The van der Waals surface area contributed by atoms with Crippen molar-refractivity contribution in [1.82, 2.24) is 14.8 Å². The predicted octanol–water partition coefficient (Wildman–Crippen LogP) is 0.491. The molecule has 1 unspecified atom stereocenters. The average molecular weight is 693 g/mol. The van der Waals surface area contributed by atoms with Gasteiger partial charge in [-0.1, -0.05) is 24.3 Å². The van der Waals surface area contributed by atoms with Gasteiger partial charge in [-0.3, -0.25) is 24.0 Å². The van der Waals surface area contributed by atoms with Gasteiger partial charge >= 0.3 is 5.97 Å². The maximum atomic E-state index is 14.0. The van der Waals surface area contributed by atoms with Gasteiger partial charge in [-0.15, -0.1) is 11.8 Å². The molecule has 0 spiro atoms. The van der Waals surface area contributed by atoms with E-state index in [9.17, 15) is 44.1 Å². The number of carbonyl (C=O) groups excluding carboxylic acids is 4. The van der Waals surface area contributed by atoms with E-state index in [-0.39, 0.29) is 23.5 Å². The number of aliphatic carboxylic acids is 1. The number of imide groups is 1. The van der Waals surface area contributed by atoms with Crippen molar-refractivity contribution >= 4 is 47.0 Å². The molecule has 3 heterocycles. The van der Waals surface area contributed by atoms with Crippen LogP contribution in [0.1, 0.15) is 37.9 Å². The van der Waals surface area contributed by atoms with E-state index in [2.05, 4.69) is 4.98 Å². The van der Waals surface area contributed by atoms with E-state index >= 15 is 0 Å². The summed E-state index contributed by atoms with van der Waals surface area (Å²) in [5.41, 5.74) is 13.0. The number of β-lactam (4-membered cyclic amide) rings is 1. The van der Waals surface area contributed by atoms with Gasteiger partial charge in [-0.25, -0.2) is 9.69 Å². The zero-order chi connectivity index (χ0) is 35.9. The molecule has 2 saturated heterocycles. The summed E-state index contributed by atoms with van der Waals surface area (Å²) in [7, 11) is 0. The number of fused-ring (bicyclic) bond motifs is 1. The third-order valence-corrected chi connectivity index (χ3v) is 10.2. The normalized spacial score (nSPS) is 20.5. The van der Waals surface area contributed by atoms with Crippen molar-refractivity contribution in [1.29, 1.82) is 0 Å². The van der Waals surface area contributed by atoms with Gasteiger partial charge in [0.2, 0.25) is 17.7 Å². The first-order chi connectivity index (χ1) is 23.1. The number of aromatic amines is 1. The van der Waals surface area contributed by atoms with Crippen LogP contribution in [-0.4, -0.2) is 94.6 Å². The number of pyridine rings is 1. The maximum Gasteiger partial charge on any atom is 0.327 e. The number of anilines is 1. The number of carboxylic acid groups (broad SMARTS) is 1. The Morgan fingerprint density at radius 2 is 1.61 bits per heavy atom. The quantitative estimate of drug-likeness (QED) is 0.159. The number of hydrogen-bond acceptors (Lipinski definition) is 11. The molecule has 2 aliphatic rings.